The summed E-state index contributed by atoms with van der Waals surface area (Å²) in [4.78, 5) is 30.0. The zero-order chi connectivity index (χ0) is 25.2. The zero-order valence-corrected chi connectivity index (χ0v) is 20.5. The number of hydrogen-bond donors (Lipinski definition) is 0. The fourth-order valence-corrected chi connectivity index (χ4v) is 4.41. The molecule has 0 saturated carbocycles. The fraction of sp³-hybridized carbons (Fsp3) is 0.296. The number of pyridine rings is 1. The number of fused-ring (bicyclic) bond motifs is 1. The van der Waals surface area contributed by atoms with E-state index in [2.05, 4.69) is 11.1 Å². The summed E-state index contributed by atoms with van der Waals surface area (Å²) >= 11 is 0. The van der Waals surface area contributed by atoms with Gasteiger partial charge >= 0.3 is 19.1 Å². The predicted octanol–water partition coefficient (Wildman–Crippen LogP) is 3.28. The van der Waals surface area contributed by atoms with Gasteiger partial charge in [-0.2, -0.15) is 0 Å². The average Bonchev–Trinajstić information content (AvgIpc) is 3.24. The van der Waals surface area contributed by atoms with Crippen LogP contribution in [0.5, 0.6) is 17.4 Å². The molecule has 8 nitrogen and oxygen atoms in total. The molecule has 0 amide bonds. The van der Waals surface area contributed by atoms with Crippen LogP contribution in [0.4, 0.5) is 0 Å². The first-order valence-corrected chi connectivity index (χ1v) is 11.9. The molecule has 1 fully saturated rings. The van der Waals surface area contributed by atoms with Gasteiger partial charge in [0, 0.05) is 23.3 Å². The number of carbonyl (C=O) groups is 2. The number of hydrogen-bond acceptors (Lipinski definition) is 8. The molecular weight excluding hydrogens is 459 g/mol. The highest BCUT2D eigenvalue weighted by Crippen LogP contribution is 2.40. The first kappa shape index (κ1) is 23.9. The molecule has 0 radical (unpaired) electrons. The van der Waals surface area contributed by atoms with Crippen molar-refractivity contribution in [3.05, 3.63) is 77.0 Å². The first-order valence-electron chi connectivity index (χ1n) is 11.9. The Balaban J connectivity index is 1.28. The molecule has 3 aromatic rings. The summed E-state index contributed by atoms with van der Waals surface area (Å²) in [6, 6.07) is 15.0. The van der Waals surface area contributed by atoms with E-state index >= 15 is 0 Å². The molecule has 1 atom stereocenters. The summed E-state index contributed by atoms with van der Waals surface area (Å²) in [6.07, 6.45) is 3.36. The normalized spacial score (nSPS) is 18.1. The van der Waals surface area contributed by atoms with Crippen LogP contribution in [0.3, 0.4) is 0 Å². The maximum atomic E-state index is 12.0. The van der Waals surface area contributed by atoms with Crippen LogP contribution < -0.4 is 14.9 Å². The molecule has 184 valence electrons. The summed E-state index contributed by atoms with van der Waals surface area (Å²) < 4.78 is 23.1. The minimum absolute atomic E-state index is 0.0270. The number of aromatic nitrogens is 1. The molecule has 0 spiro atoms. The van der Waals surface area contributed by atoms with Gasteiger partial charge in [0.05, 0.1) is 13.1 Å². The standard InChI is InChI=1S/C27H27BN2O6/c1-17-13-25(29-14-18(17)2)34-23-6-4-5-21-22(23)11-12-24(21)33-20-9-7-19(8-10-20)28-35-26(31)15-30(3)16-27(32)36-28/h4-10,13-14,24H,11-12,15-16H2,1-3H3/t24-/m1/s1. The van der Waals surface area contributed by atoms with E-state index in [0.29, 0.717) is 17.1 Å². The van der Waals surface area contributed by atoms with Crippen molar-refractivity contribution < 1.29 is 28.4 Å². The molecule has 9 heteroatoms. The third-order valence-corrected chi connectivity index (χ3v) is 6.44. The second kappa shape index (κ2) is 10.0. The lowest BCUT2D eigenvalue weighted by Crippen LogP contribution is -2.47. The Labute approximate surface area is 210 Å². The Morgan fingerprint density at radius 2 is 1.72 bits per heavy atom. The van der Waals surface area contributed by atoms with Crippen LogP contribution in [0.15, 0.2) is 54.7 Å². The van der Waals surface area contributed by atoms with Gasteiger partial charge in [-0.25, -0.2) is 4.98 Å². The van der Waals surface area contributed by atoms with Gasteiger partial charge in [-0.3, -0.25) is 14.5 Å². The molecule has 1 aliphatic carbocycles. The van der Waals surface area contributed by atoms with E-state index < -0.39 is 19.1 Å². The number of ether oxygens (including phenoxy) is 2. The van der Waals surface area contributed by atoms with Gasteiger partial charge in [-0.05, 0) is 68.6 Å². The van der Waals surface area contributed by atoms with Crippen molar-refractivity contribution in [1.82, 2.24) is 9.88 Å². The molecule has 0 unspecified atom stereocenters. The number of carbonyl (C=O) groups excluding carboxylic acids is 2. The third kappa shape index (κ3) is 5.21. The van der Waals surface area contributed by atoms with Gasteiger partial charge in [0.1, 0.15) is 17.6 Å². The molecule has 0 N–H and O–H groups in total. The van der Waals surface area contributed by atoms with Crippen LogP contribution in [0, 0.1) is 13.8 Å². The van der Waals surface area contributed by atoms with E-state index in [4.69, 9.17) is 18.8 Å². The Bertz CT molecular complexity index is 1280. The van der Waals surface area contributed by atoms with Crippen molar-refractivity contribution in [2.75, 3.05) is 20.1 Å². The van der Waals surface area contributed by atoms with Crippen LogP contribution in [0.25, 0.3) is 0 Å². The summed E-state index contributed by atoms with van der Waals surface area (Å²) in [5.74, 6) is 1.14. The summed E-state index contributed by atoms with van der Waals surface area (Å²) in [5.41, 5.74) is 5.04. The van der Waals surface area contributed by atoms with Crippen molar-refractivity contribution in [2.24, 2.45) is 0 Å². The van der Waals surface area contributed by atoms with Gasteiger partial charge in [0.25, 0.3) is 0 Å². The Morgan fingerprint density at radius 1 is 1.00 bits per heavy atom. The van der Waals surface area contributed by atoms with E-state index in [1.165, 1.54) is 0 Å². The van der Waals surface area contributed by atoms with Crippen molar-refractivity contribution >= 4 is 24.5 Å². The molecule has 2 aliphatic rings. The van der Waals surface area contributed by atoms with E-state index in [1.807, 2.05) is 38.2 Å². The summed E-state index contributed by atoms with van der Waals surface area (Å²) in [6.45, 7) is 4.12. The number of aryl methyl sites for hydroxylation is 2. The molecule has 2 heterocycles. The predicted molar refractivity (Wildman–Crippen MR) is 133 cm³/mol. The molecular formula is C27H27BN2O6. The number of benzene rings is 2. The van der Waals surface area contributed by atoms with Crippen LogP contribution in [0.2, 0.25) is 0 Å². The molecule has 1 saturated heterocycles. The number of likely N-dealkylation sites (N-methyl/N-ethyl adjacent to an activating group) is 1. The monoisotopic (exact) mass is 486 g/mol. The lowest BCUT2D eigenvalue weighted by Gasteiger charge is -2.22. The van der Waals surface area contributed by atoms with Crippen LogP contribution in [-0.4, -0.2) is 49.1 Å². The molecule has 5 rings (SSSR count). The Kier molecular flexibility index (Phi) is 6.65. The van der Waals surface area contributed by atoms with E-state index in [9.17, 15) is 9.59 Å². The van der Waals surface area contributed by atoms with Crippen molar-refractivity contribution in [3.63, 3.8) is 0 Å². The lowest BCUT2D eigenvalue weighted by atomic mass is 9.78. The fourth-order valence-electron chi connectivity index (χ4n) is 4.41. The quantitative estimate of drug-likeness (QED) is 0.508. The van der Waals surface area contributed by atoms with Crippen LogP contribution in [-0.2, 0) is 25.3 Å². The van der Waals surface area contributed by atoms with Crippen molar-refractivity contribution in [3.8, 4) is 17.4 Å². The van der Waals surface area contributed by atoms with E-state index in [0.717, 1.165) is 40.8 Å². The topological polar surface area (TPSA) is 87.2 Å². The van der Waals surface area contributed by atoms with Crippen molar-refractivity contribution in [1.29, 1.82) is 0 Å². The maximum Gasteiger partial charge on any atom is 0.636 e. The highest BCUT2D eigenvalue weighted by molar-refractivity contribution is 6.64. The highest BCUT2D eigenvalue weighted by atomic mass is 16.6. The minimum atomic E-state index is -1.07. The van der Waals surface area contributed by atoms with E-state index in [-0.39, 0.29) is 19.2 Å². The Hall–Kier alpha value is -3.85. The molecule has 0 bridgehead atoms. The molecule has 1 aliphatic heterocycles. The minimum Gasteiger partial charge on any atom is -0.494 e. The third-order valence-electron chi connectivity index (χ3n) is 6.44. The largest absolute Gasteiger partial charge is 0.636 e. The number of nitrogens with zero attached hydrogens (tertiary/aromatic N) is 2. The van der Waals surface area contributed by atoms with Crippen LogP contribution >= 0.6 is 0 Å². The highest BCUT2D eigenvalue weighted by Gasteiger charge is 2.34. The first-order chi connectivity index (χ1) is 17.4. The SMILES string of the molecule is Cc1cnc(Oc2cccc3c2CC[C@H]3Oc2ccc(B3OC(=O)CN(C)CC(=O)O3)cc2)cc1C. The lowest BCUT2D eigenvalue weighted by molar-refractivity contribution is -0.145. The van der Waals surface area contributed by atoms with E-state index in [1.54, 1.807) is 36.2 Å². The average molecular weight is 486 g/mol. The van der Waals surface area contributed by atoms with Crippen molar-refractivity contribution in [2.45, 2.75) is 32.8 Å². The zero-order valence-electron chi connectivity index (χ0n) is 20.5. The molecule has 2 aromatic carbocycles. The molecule has 1 aromatic heterocycles. The number of rotatable bonds is 5. The van der Waals surface area contributed by atoms with Gasteiger partial charge in [-0.15, -0.1) is 0 Å². The second-order valence-electron chi connectivity index (χ2n) is 9.23. The summed E-state index contributed by atoms with van der Waals surface area (Å²) in [7, 11) is 0.588. The molecule has 36 heavy (non-hydrogen) atoms. The van der Waals surface area contributed by atoms with Gasteiger partial charge in [0.2, 0.25) is 5.88 Å². The maximum absolute atomic E-state index is 12.0. The Morgan fingerprint density at radius 3 is 2.42 bits per heavy atom. The van der Waals surface area contributed by atoms with Gasteiger partial charge < -0.3 is 18.8 Å². The van der Waals surface area contributed by atoms with Gasteiger partial charge in [0.15, 0.2) is 0 Å². The van der Waals surface area contributed by atoms with Gasteiger partial charge in [-0.1, -0.05) is 24.3 Å². The second-order valence-corrected chi connectivity index (χ2v) is 9.23. The smallest absolute Gasteiger partial charge is 0.494 e. The summed E-state index contributed by atoms with van der Waals surface area (Å²) in [5, 5.41) is 0. The van der Waals surface area contributed by atoms with Crippen LogP contribution in [0.1, 0.15) is 34.8 Å².